The molecule has 144 valence electrons. The van der Waals surface area contributed by atoms with Crippen molar-refractivity contribution in [2.45, 2.75) is 46.5 Å². The molecule has 0 bridgehead atoms. The quantitative estimate of drug-likeness (QED) is 0.511. The highest BCUT2D eigenvalue weighted by Gasteiger charge is 2.23. The Balaban J connectivity index is 2.80. The van der Waals surface area contributed by atoms with Crippen LogP contribution in [0.25, 0.3) is 11.1 Å². The van der Waals surface area contributed by atoms with E-state index in [9.17, 15) is 14.7 Å². The number of benzene rings is 2. The minimum absolute atomic E-state index is 0.102. The molecule has 0 aliphatic rings. The lowest BCUT2D eigenvalue weighted by Gasteiger charge is -2.21. The van der Waals surface area contributed by atoms with Crippen molar-refractivity contribution >= 4 is 12.1 Å². The van der Waals surface area contributed by atoms with Crippen LogP contribution in [0.2, 0.25) is 0 Å². The number of carboxylic acids is 1. The Morgan fingerprint density at radius 2 is 1.70 bits per heavy atom. The molecule has 0 radical (unpaired) electrons. The molecule has 2 aromatic rings. The fourth-order valence-electron chi connectivity index (χ4n) is 2.94. The minimum atomic E-state index is -1.03. The van der Waals surface area contributed by atoms with Crippen LogP contribution >= 0.6 is 0 Å². The van der Waals surface area contributed by atoms with Gasteiger partial charge in [0.05, 0.1) is 12.2 Å². The predicted octanol–water partition coefficient (Wildman–Crippen LogP) is 5.83. The maximum Gasteiger partial charge on any atom is 0.513 e. The van der Waals surface area contributed by atoms with Gasteiger partial charge in [-0.05, 0) is 42.0 Å². The number of ether oxygens (including phenoxy) is 2. The molecule has 0 spiro atoms. The SMILES string of the molecule is CCOC(=O)Oc1cc(C(C)C)cc(C(C)C)c1-c1ccccc1C(=O)O. The molecule has 0 atom stereocenters. The molecule has 0 aliphatic carbocycles. The zero-order valence-electron chi connectivity index (χ0n) is 16.4. The van der Waals surface area contributed by atoms with Crippen molar-refractivity contribution in [3.05, 3.63) is 53.1 Å². The summed E-state index contributed by atoms with van der Waals surface area (Å²) in [6.07, 6.45) is -0.804. The maximum atomic E-state index is 12.0. The molecule has 0 heterocycles. The van der Waals surface area contributed by atoms with Gasteiger partial charge in [-0.1, -0.05) is 52.0 Å². The van der Waals surface area contributed by atoms with E-state index in [0.29, 0.717) is 16.9 Å². The second-order valence-electron chi connectivity index (χ2n) is 6.93. The van der Waals surface area contributed by atoms with E-state index < -0.39 is 12.1 Å². The Hall–Kier alpha value is -2.82. The summed E-state index contributed by atoms with van der Waals surface area (Å²) in [6.45, 7) is 10.1. The summed E-state index contributed by atoms with van der Waals surface area (Å²) in [6, 6.07) is 10.6. The van der Waals surface area contributed by atoms with Crippen LogP contribution < -0.4 is 4.74 Å². The number of rotatable bonds is 6. The summed E-state index contributed by atoms with van der Waals surface area (Å²) in [7, 11) is 0. The summed E-state index contributed by atoms with van der Waals surface area (Å²) < 4.78 is 10.4. The van der Waals surface area contributed by atoms with Gasteiger partial charge >= 0.3 is 12.1 Å². The minimum Gasteiger partial charge on any atom is -0.478 e. The van der Waals surface area contributed by atoms with E-state index in [1.165, 1.54) is 0 Å². The number of carboxylic acid groups (broad SMARTS) is 1. The van der Waals surface area contributed by atoms with Crippen LogP contribution in [0.3, 0.4) is 0 Å². The van der Waals surface area contributed by atoms with Gasteiger partial charge in [-0.15, -0.1) is 0 Å². The smallest absolute Gasteiger partial charge is 0.478 e. The molecule has 27 heavy (non-hydrogen) atoms. The van der Waals surface area contributed by atoms with Crippen LogP contribution in [0.4, 0.5) is 4.79 Å². The summed E-state index contributed by atoms with van der Waals surface area (Å²) in [5, 5.41) is 9.62. The topological polar surface area (TPSA) is 72.8 Å². The van der Waals surface area contributed by atoms with Crippen LogP contribution in [-0.2, 0) is 4.74 Å². The lowest BCUT2D eigenvalue weighted by atomic mass is 9.86. The Morgan fingerprint density at radius 1 is 1.04 bits per heavy atom. The van der Waals surface area contributed by atoms with Crippen LogP contribution in [0.5, 0.6) is 5.75 Å². The van der Waals surface area contributed by atoms with Crippen LogP contribution in [-0.4, -0.2) is 23.8 Å². The van der Waals surface area contributed by atoms with E-state index >= 15 is 0 Å². The normalized spacial score (nSPS) is 10.9. The molecule has 0 saturated carbocycles. The van der Waals surface area contributed by atoms with Gasteiger partial charge in [-0.2, -0.15) is 0 Å². The number of hydrogen-bond donors (Lipinski definition) is 1. The van der Waals surface area contributed by atoms with Gasteiger partial charge in [0, 0.05) is 11.1 Å². The van der Waals surface area contributed by atoms with Crippen molar-refractivity contribution in [3.8, 4) is 16.9 Å². The van der Waals surface area contributed by atoms with Crippen LogP contribution in [0.15, 0.2) is 36.4 Å². The zero-order chi connectivity index (χ0) is 20.1. The number of hydrogen-bond acceptors (Lipinski definition) is 4. The average molecular weight is 370 g/mol. The molecule has 2 rings (SSSR count). The third-order valence-electron chi connectivity index (χ3n) is 4.33. The molecule has 0 aliphatic heterocycles. The fourth-order valence-corrected chi connectivity index (χ4v) is 2.94. The van der Waals surface area contributed by atoms with Crippen LogP contribution in [0, 0.1) is 0 Å². The molecular formula is C22H26O5. The van der Waals surface area contributed by atoms with Crippen LogP contribution in [0.1, 0.15) is 67.9 Å². The molecule has 0 unspecified atom stereocenters. The first-order chi connectivity index (χ1) is 12.8. The van der Waals surface area contributed by atoms with E-state index in [1.807, 2.05) is 13.8 Å². The Bertz CT molecular complexity index is 837. The standard InChI is InChI=1S/C22H26O5/c1-6-26-22(25)27-19-12-15(13(2)3)11-18(14(4)5)20(19)16-9-7-8-10-17(16)21(23)24/h7-14H,6H2,1-5H3,(H,23,24). The Morgan fingerprint density at radius 3 is 2.26 bits per heavy atom. The first-order valence-electron chi connectivity index (χ1n) is 9.11. The summed E-state index contributed by atoms with van der Waals surface area (Å²) in [5.41, 5.74) is 3.22. The van der Waals surface area contributed by atoms with Gasteiger partial charge in [-0.3, -0.25) is 0 Å². The highest BCUT2D eigenvalue weighted by atomic mass is 16.7. The molecular weight excluding hydrogens is 344 g/mol. The van der Waals surface area contributed by atoms with Crippen molar-refractivity contribution in [1.82, 2.24) is 0 Å². The van der Waals surface area contributed by atoms with E-state index in [2.05, 4.69) is 19.9 Å². The largest absolute Gasteiger partial charge is 0.513 e. The molecule has 1 N–H and O–H groups in total. The second-order valence-corrected chi connectivity index (χ2v) is 6.93. The Kier molecular flexibility index (Phi) is 6.61. The van der Waals surface area contributed by atoms with E-state index in [4.69, 9.17) is 9.47 Å². The summed E-state index contributed by atoms with van der Waals surface area (Å²) in [4.78, 5) is 23.8. The molecule has 5 nitrogen and oxygen atoms in total. The molecule has 2 aromatic carbocycles. The predicted molar refractivity (Wildman–Crippen MR) is 105 cm³/mol. The highest BCUT2D eigenvalue weighted by molar-refractivity contribution is 5.98. The zero-order valence-corrected chi connectivity index (χ0v) is 16.4. The van der Waals surface area contributed by atoms with Gasteiger partial charge in [0.2, 0.25) is 0 Å². The lowest BCUT2D eigenvalue weighted by Crippen LogP contribution is -2.13. The number of carbonyl (C=O) groups is 2. The monoisotopic (exact) mass is 370 g/mol. The van der Waals surface area contributed by atoms with Gasteiger partial charge in [0.1, 0.15) is 5.75 Å². The van der Waals surface area contributed by atoms with Gasteiger partial charge in [0.15, 0.2) is 0 Å². The summed E-state index contributed by atoms with van der Waals surface area (Å²) in [5.74, 6) is -0.395. The second kappa shape index (κ2) is 8.71. The molecule has 5 heteroatoms. The highest BCUT2D eigenvalue weighted by Crippen LogP contribution is 2.41. The third-order valence-corrected chi connectivity index (χ3v) is 4.33. The Labute approximate surface area is 159 Å². The number of carbonyl (C=O) groups excluding carboxylic acids is 1. The van der Waals surface area contributed by atoms with E-state index in [1.54, 1.807) is 37.3 Å². The van der Waals surface area contributed by atoms with Crippen molar-refractivity contribution < 1.29 is 24.2 Å². The average Bonchev–Trinajstić information content (AvgIpc) is 2.61. The van der Waals surface area contributed by atoms with E-state index in [0.717, 1.165) is 11.1 Å². The van der Waals surface area contributed by atoms with Gasteiger partial charge in [-0.25, -0.2) is 9.59 Å². The van der Waals surface area contributed by atoms with Gasteiger partial charge < -0.3 is 14.6 Å². The van der Waals surface area contributed by atoms with Crippen molar-refractivity contribution in [2.75, 3.05) is 6.61 Å². The summed E-state index contributed by atoms with van der Waals surface area (Å²) >= 11 is 0. The lowest BCUT2D eigenvalue weighted by molar-refractivity contribution is 0.0697. The molecule has 0 fully saturated rings. The van der Waals surface area contributed by atoms with E-state index in [-0.39, 0.29) is 24.0 Å². The molecule has 0 saturated heterocycles. The first-order valence-corrected chi connectivity index (χ1v) is 9.11. The maximum absolute atomic E-state index is 12.0. The van der Waals surface area contributed by atoms with Crippen molar-refractivity contribution in [1.29, 1.82) is 0 Å². The van der Waals surface area contributed by atoms with Crippen molar-refractivity contribution in [3.63, 3.8) is 0 Å². The molecule has 0 aromatic heterocycles. The molecule has 0 amide bonds. The fraction of sp³-hybridized carbons (Fsp3) is 0.364. The first kappa shape index (κ1) is 20.5. The van der Waals surface area contributed by atoms with Crippen molar-refractivity contribution in [2.24, 2.45) is 0 Å². The van der Waals surface area contributed by atoms with Gasteiger partial charge in [0.25, 0.3) is 0 Å². The third kappa shape index (κ3) is 4.67. The number of aromatic carboxylic acids is 1.